The molecular formula is C4HClF8O. The number of alkyl halides is 9. The zero-order valence-electron chi connectivity index (χ0n) is 5.89. The van der Waals surface area contributed by atoms with Crippen LogP contribution in [0.2, 0.25) is 0 Å². The van der Waals surface area contributed by atoms with Crippen molar-refractivity contribution in [3.8, 4) is 0 Å². The van der Waals surface area contributed by atoms with Gasteiger partial charge in [-0.3, -0.25) is 4.74 Å². The van der Waals surface area contributed by atoms with E-state index < -0.39 is 24.0 Å². The van der Waals surface area contributed by atoms with Crippen LogP contribution in [0.3, 0.4) is 0 Å². The molecule has 0 fully saturated rings. The summed E-state index contributed by atoms with van der Waals surface area (Å²) in [6, 6.07) is 0. The number of halogens is 9. The van der Waals surface area contributed by atoms with E-state index in [-0.39, 0.29) is 0 Å². The molecule has 0 saturated carbocycles. The fourth-order valence-electron chi connectivity index (χ4n) is 0.417. The summed E-state index contributed by atoms with van der Waals surface area (Å²) in [5.74, 6) is 0. The quantitative estimate of drug-likeness (QED) is 0.541. The van der Waals surface area contributed by atoms with Crippen LogP contribution in [0.25, 0.3) is 0 Å². The van der Waals surface area contributed by atoms with Crippen LogP contribution in [0, 0.1) is 0 Å². The maximum atomic E-state index is 11.7. The Labute approximate surface area is 76.6 Å². The molecule has 86 valence electrons. The fraction of sp³-hybridized carbons (Fsp3) is 1.00. The Morgan fingerprint density at radius 1 is 0.857 bits per heavy atom. The minimum Gasteiger partial charge on any atom is -0.283 e. The number of hydrogen-bond donors (Lipinski definition) is 0. The summed E-state index contributed by atoms with van der Waals surface area (Å²) in [7, 11) is 0. The van der Waals surface area contributed by atoms with Crippen molar-refractivity contribution >= 4 is 11.6 Å². The van der Waals surface area contributed by atoms with Crippen molar-refractivity contribution < 1.29 is 39.9 Å². The summed E-state index contributed by atoms with van der Waals surface area (Å²) in [6.45, 7) is -4.30. The van der Waals surface area contributed by atoms with Crippen LogP contribution in [-0.2, 0) is 4.74 Å². The van der Waals surface area contributed by atoms with Crippen LogP contribution in [0.15, 0.2) is 0 Å². The monoisotopic (exact) mass is 252 g/mol. The van der Waals surface area contributed by atoms with E-state index in [2.05, 4.69) is 16.3 Å². The molecule has 0 N–H and O–H groups in total. The maximum Gasteiger partial charge on any atom is 0.441 e. The molecule has 0 heterocycles. The highest BCUT2D eigenvalue weighted by atomic mass is 35.5. The molecule has 0 aliphatic rings. The Morgan fingerprint density at radius 3 is 1.21 bits per heavy atom. The molecule has 10 heteroatoms. The zero-order valence-corrected chi connectivity index (χ0v) is 6.64. The third kappa shape index (κ3) is 2.59. The Balaban J connectivity index is 5.07. The average molecular weight is 252 g/mol. The molecule has 0 spiro atoms. The first kappa shape index (κ1) is 13.7. The lowest BCUT2D eigenvalue weighted by atomic mass is 10.3. The minimum absolute atomic E-state index is 2.35. The molecule has 1 nitrogen and oxygen atoms in total. The minimum atomic E-state index is -6.19. The van der Waals surface area contributed by atoms with Crippen molar-refractivity contribution in [2.24, 2.45) is 0 Å². The average Bonchev–Trinajstić information content (AvgIpc) is 1.79. The van der Waals surface area contributed by atoms with Crippen LogP contribution in [0.4, 0.5) is 35.1 Å². The lowest BCUT2D eigenvalue weighted by Crippen LogP contribution is -2.55. The Hall–Kier alpha value is -0.310. The summed E-state index contributed by atoms with van der Waals surface area (Å²) < 4.78 is 94.8. The Kier molecular flexibility index (Phi) is 3.60. The van der Waals surface area contributed by atoms with Gasteiger partial charge in [0, 0.05) is 0 Å². The molecule has 0 aromatic rings. The molecule has 14 heavy (non-hydrogen) atoms. The molecule has 0 saturated heterocycles. The van der Waals surface area contributed by atoms with Gasteiger partial charge in [0.25, 0.3) is 0 Å². The fourth-order valence-corrected chi connectivity index (χ4v) is 0.484. The van der Waals surface area contributed by atoms with E-state index in [0.717, 1.165) is 0 Å². The predicted molar refractivity (Wildman–Crippen MR) is 27.8 cm³/mol. The second-order valence-corrected chi connectivity index (χ2v) is 2.50. The van der Waals surface area contributed by atoms with E-state index in [1.165, 1.54) is 0 Å². The van der Waals surface area contributed by atoms with Crippen molar-refractivity contribution in [2.75, 3.05) is 0 Å². The number of ether oxygens (including phenoxy) is 1. The van der Waals surface area contributed by atoms with Gasteiger partial charge in [-0.05, 0) is 0 Å². The molecule has 0 unspecified atom stereocenters. The zero-order chi connectivity index (χ0) is 11.8. The predicted octanol–water partition coefficient (Wildman–Crippen LogP) is 3.29. The standard InChI is InChI=1S/C4HClF8O/c5-2(3(8,9)10,4(11,12)13)14-1(6)7/h1H. The summed E-state index contributed by atoms with van der Waals surface area (Å²) >= 11 is 3.93. The summed E-state index contributed by atoms with van der Waals surface area (Å²) in [5, 5.41) is -5.38. The second-order valence-electron chi connectivity index (χ2n) is 1.97. The van der Waals surface area contributed by atoms with Gasteiger partial charge >= 0.3 is 24.0 Å². The van der Waals surface area contributed by atoms with Gasteiger partial charge in [-0.2, -0.15) is 35.1 Å². The molecule has 0 aromatic heterocycles. The largest absolute Gasteiger partial charge is 0.441 e. The third-order valence-corrected chi connectivity index (χ3v) is 1.50. The highest BCUT2D eigenvalue weighted by molar-refractivity contribution is 6.24. The molecule has 0 aromatic carbocycles. The van der Waals surface area contributed by atoms with Crippen LogP contribution in [-0.4, -0.2) is 24.0 Å². The van der Waals surface area contributed by atoms with Crippen molar-refractivity contribution in [2.45, 2.75) is 24.0 Å². The molecule has 0 bridgehead atoms. The molecule has 0 amide bonds. The van der Waals surface area contributed by atoms with Crippen molar-refractivity contribution in [1.82, 2.24) is 0 Å². The molecule has 0 rings (SSSR count). The normalized spacial score (nSPS) is 15.0. The molecule has 0 aliphatic heterocycles. The van der Waals surface area contributed by atoms with Crippen LogP contribution >= 0.6 is 11.6 Å². The lowest BCUT2D eigenvalue weighted by Gasteiger charge is -2.30. The highest BCUT2D eigenvalue weighted by Gasteiger charge is 2.73. The topological polar surface area (TPSA) is 9.23 Å². The molecule has 0 radical (unpaired) electrons. The summed E-state index contributed by atoms with van der Waals surface area (Å²) in [5.41, 5.74) is 0. The van der Waals surface area contributed by atoms with Crippen molar-refractivity contribution in [1.29, 1.82) is 0 Å². The molecule has 0 aliphatic carbocycles. The van der Waals surface area contributed by atoms with E-state index in [9.17, 15) is 35.1 Å². The first-order chi connectivity index (χ1) is 5.92. The first-order valence-corrected chi connectivity index (χ1v) is 3.08. The van der Waals surface area contributed by atoms with Crippen molar-refractivity contribution in [3.05, 3.63) is 0 Å². The van der Waals surface area contributed by atoms with Crippen molar-refractivity contribution in [3.63, 3.8) is 0 Å². The SMILES string of the molecule is FC(F)OC(Cl)(C(F)(F)F)C(F)(F)F. The van der Waals surface area contributed by atoms with Gasteiger partial charge in [0.05, 0.1) is 0 Å². The van der Waals surface area contributed by atoms with Crippen LogP contribution in [0.1, 0.15) is 0 Å². The summed E-state index contributed by atoms with van der Waals surface area (Å²) in [6.07, 6.45) is -12.4. The smallest absolute Gasteiger partial charge is 0.283 e. The second kappa shape index (κ2) is 3.69. The lowest BCUT2D eigenvalue weighted by molar-refractivity contribution is -0.377. The van der Waals surface area contributed by atoms with E-state index >= 15 is 0 Å². The Bertz CT molecular complexity index is 180. The van der Waals surface area contributed by atoms with Gasteiger partial charge in [0.2, 0.25) is 0 Å². The van der Waals surface area contributed by atoms with Gasteiger partial charge in [-0.1, -0.05) is 11.6 Å². The van der Waals surface area contributed by atoms with Gasteiger partial charge in [-0.15, -0.1) is 0 Å². The van der Waals surface area contributed by atoms with E-state index in [1.807, 2.05) is 0 Å². The van der Waals surface area contributed by atoms with Crippen LogP contribution < -0.4 is 0 Å². The maximum absolute atomic E-state index is 11.7. The highest BCUT2D eigenvalue weighted by Crippen LogP contribution is 2.49. The molecule has 0 atom stereocenters. The van der Waals surface area contributed by atoms with E-state index in [0.29, 0.717) is 0 Å². The number of hydrogen-bond acceptors (Lipinski definition) is 1. The molecular weight excluding hydrogens is 251 g/mol. The van der Waals surface area contributed by atoms with E-state index in [4.69, 9.17) is 0 Å². The summed E-state index contributed by atoms with van der Waals surface area (Å²) in [4.78, 5) is 0. The first-order valence-electron chi connectivity index (χ1n) is 2.70. The van der Waals surface area contributed by atoms with Crippen LogP contribution in [0.5, 0.6) is 0 Å². The Morgan fingerprint density at radius 2 is 1.14 bits per heavy atom. The van der Waals surface area contributed by atoms with Gasteiger partial charge in [0.1, 0.15) is 0 Å². The van der Waals surface area contributed by atoms with Gasteiger partial charge in [-0.25, -0.2) is 0 Å². The number of rotatable bonds is 2. The van der Waals surface area contributed by atoms with E-state index in [1.54, 1.807) is 0 Å². The third-order valence-electron chi connectivity index (χ3n) is 0.981. The van der Waals surface area contributed by atoms with Gasteiger partial charge in [0.15, 0.2) is 0 Å². The van der Waals surface area contributed by atoms with Gasteiger partial charge < -0.3 is 0 Å².